The van der Waals surface area contributed by atoms with E-state index in [1.807, 2.05) is 12.1 Å². The Morgan fingerprint density at radius 2 is 2.12 bits per heavy atom. The van der Waals surface area contributed by atoms with E-state index in [1.165, 1.54) is 0 Å². The van der Waals surface area contributed by atoms with E-state index < -0.39 is 0 Å². The first-order valence-electron chi connectivity index (χ1n) is 5.57. The largest absolute Gasteiger partial charge is 0.395 e. The molecule has 1 aromatic rings. The zero-order chi connectivity index (χ0) is 12.0. The summed E-state index contributed by atoms with van der Waals surface area (Å²) in [5.74, 6) is 0. The molecule has 0 aromatic heterocycles. The van der Waals surface area contributed by atoms with Crippen molar-refractivity contribution in [2.24, 2.45) is 5.73 Å². The quantitative estimate of drug-likeness (QED) is 0.842. The summed E-state index contributed by atoms with van der Waals surface area (Å²) in [6.45, 7) is 4.38. The molecular formula is C12H19BrN2O. The summed E-state index contributed by atoms with van der Waals surface area (Å²) in [4.78, 5) is 2.17. The highest BCUT2D eigenvalue weighted by Gasteiger charge is 2.11. The topological polar surface area (TPSA) is 49.5 Å². The Morgan fingerprint density at radius 1 is 1.38 bits per heavy atom. The predicted octanol–water partition coefficient (Wildman–Crippen LogP) is 2.12. The Kier molecular flexibility index (Phi) is 5.80. The molecule has 0 atom stereocenters. The van der Waals surface area contributed by atoms with Crippen molar-refractivity contribution in [1.82, 2.24) is 0 Å². The summed E-state index contributed by atoms with van der Waals surface area (Å²) in [5.41, 5.74) is 7.98. The number of anilines is 1. The van der Waals surface area contributed by atoms with E-state index in [1.54, 1.807) is 0 Å². The molecule has 0 radical (unpaired) electrons. The summed E-state index contributed by atoms with van der Waals surface area (Å²) >= 11 is 3.51. The molecule has 3 nitrogen and oxygen atoms in total. The maximum atomic E-state index is 9.07. The number of aliphatic hydroxyl groups is 1. The number of nitrogens with zero attached hydrogens (tertiary/aromatic N) is 1. The van der Waals surface area contributed by atoms with Gasteiger partial charge in [-0.2, -0.15) is 0 Å². The van der Waals surface area contributed by atoms with Crippen LogP contribution in [-0.4, -0.2) is 24.8 Å². The molecule has 0 unspecified atom stereocenters. The third-order valence-electron chi connectivity index (χ3n) is 2.50. The normalized spacial score (nSPS) is 10.5. The minimum Gasteiger partial charge on any atom is -0.395 e. The summed E-state index contributed by atoms with van der Waals surface area (Å²) in [7, 11) is 0. The Bertz CT molecular complexity index is 325. The van der Waals surface area contributed by atoms with Crippen LogP contribution >= 0.6 is 15.9 Å². The summed E-state index contributed by atoms with van der Waals surface area (Å²) in [5, 5.41) is 9.07. The first kappa shape index (κ1) is 13.5. The second kappa shape index (κ2) is 6.89. The van der Waals surface area contributed by atoms with Gasteiger partial charge in [-0.1, -0.05) is 28.9 Å². The van der Waals surface area contributed by atoms with Gasteiger partial charge in [0.1, 0.15) is 0 Å². The molecule has 3 N–H and O–H groups in total. The van der Waals surface area contributed by atoms with Crippen molar-refractivity contribution in [1.29, 1.82) is 0 Å². The number of aliphatic hydroxyl groups excluding tert-OH is 1. The third kappa shape index (κ3) is 3.20. The van der Waals surface area contributed by atoms with E-state index in [0.717, 1.165) is 28.7 Å². The van der Waals surface area contributed by atoms with Crippen molar-refractivity contribution < 1.29 is 5.11 Å². The highest BCUT2D eigenvalue weighted by Crippen LogP contribution is 2.27. The number of rotatable bonds is 6. The van der Waals surface area contributed by atoms with Crippen molar-refractivity contribution in [3.05, 3.63) is 28.2 Å². The van der Waals surface area contributed by atoms with Crippen LogP contribution in [-0.2, 0) is 6.54 Å². The predicted molar refractivity (Wildman–Crippen MR) is 71.6 cm³/mol. The number of benzene rings is 1. The fraction of sp³-hybridized carbons (Fsp3) is 0.500. The van der Waals surface area contributed by atoms with Gasteiger partial charge in [0.05, 0.1) is 6.61 Å². The molecule has 0 spiro atoms. The summed E-state index contributed by atoms with van der Waals surface area (Å²) < 4.78 is 1.03. The molecule has 0 aliphatic rings. The molecule has 0 fully saturated rings. The molecule has 0 saturated carbocycles. The first-order valence-corrected chi connectivity index (χ1v) is 6.37. The van der Waals surface area contributed by atoms with E-state index in [9.17, 15) is 0 Å². The lowest BCUT2D eigenvalue weighted by Gasteiger charge is -2.26. The first-order chi connectivity index (χ1) is 7.74. The van der Waals surface area contributed by atoms with Gasteiger partial charge >= 0.3 is 0 Å². The van der Waals surface area contributed by atoms with Crippen molar-refractivity contribution in [3.63, 3.8) is 0 Å². The van der Waals surface area contributed by atoms with Crippen LogP contribution < -0.4 is 10.6 Å². The highest BCUT2D eigenvalue weighted by molar-refractivity contribution is 9.10. The van der Waals surface area contributed by atoms with Gasteiger partial charge in [0.2, 0.25) is 0 Å². The van der Waals surface area contributed by atoms with Crippen LogP contribution in [0.1, 0.15) is 18.9 Å². The van der Waals surface area contributed by atoms with E-state index in [0.29, 0.717) is 13.1 Å². The summed E-state index contributed by atoms with van der Waals surface area (Å²) in [6.07, 6.45) is 1.05. The van der Waals surface area contributed by atoms with E-state index in [4.69, 9.17) is 10.8 Å². The maximum absolute atomic E-state index is 9.07. The van der Waals surface area contributed by atoms with Gasteiger partial charge in [-0.25, -0.2) is 0 Å². The van der Waals surface area contributed by atoms with Crippen molar-refractivity contribution >= 4 is 21.6 Å². The third-order valence-corrected chi connectivity index (χ3v) is 3.25. The van der Waals surface area contributed by atoms with Crippen LogP contribution in [0.5, 0.6) is 0 Å². The molecule has 4 heteroatoms. The Balaban J connectivity index is 3.02. The average Bonchev–Trinajstić information content (AvgIpc) is 2.28. The molecule has 0 amide bonds. The number of halogens is 1. The lowest BCUT2D eigenvalue weighted by molar-refractivity contribution is 0.301. The molecule has 16 heavy (non-hydrogen) atoms. The number of hydrogen-bond donors (Lipinski definition) is 2. The van der Waals surface area contributed by atoms with Gasteiger partial charge in [-0.3, -0.25) is 0 Å². The minimum atomic E-state index is 0.163. The SMILES string of the molecule is CCCN(CCO)c1cccc(Br)c1CN. The van der Waals surface area contributed by atoms with E-state index in [2.05, 4.69) is 33.8 Å². The summed E-state index contributed by atoms with van der Waals surface area (Å²) in [6, 6.07) is 6.05. The molecule has 0 aliphatic heterocycles. The molecule has 0 bridgehead atoms. The molecular weight excluding hydrogens is 268 g/mol. The molecule has 1 aromatic carbocycles. The van der Waals surface area contributed by atoms with Crippen molar-refractivity contribution in [2.75, 3.05) is 24.6 Å². The van der Waals surface area contributed by atoms with Gasteiger partial charge < -0.3 is 15.7 Å². The monoisotopic (exact) mass is 286 g/mol. The van der Waals surface area contributed by atoms with Crippen LogP contribution in [0.3, 0.4) is 0 Å². The van der Waals surface area contributed by atoms with E-state index in [-0.39, 0.29) is 6.61 Å². The van der Waals surface area contributed by atoms with Crippen LogP contribution in [0.4, 0.5) is 5.69 Å². The van der Waals surface area contributed by atoms with Crippen LogP contribution in [0.15, 0.2) is 22.7 Å². The Hall–Kier alpha value is -0.580. The van der Waals surface area contributed by atoms with Crippen LogP contribution in [0.2, 0.25) is 0 Å². The van der Waals surface area contributed by atoms with Gasteiger partial charge in [-0.05, 0) is 18.6 Å². The van der Waals surface area contributed by atoms with Gasteiger partial charge in [0, 0.05) is 35.4 Å². The fourth-order valence-corrected chi connectivity index (χ4v) is 2.31. The number of nitrogens with two attached hydrogens (primary N) is 1. The van der Waals surface area contributed by atoms with Crippen LogP contribution in [0, 0.1) is 0 Å². The molecule has 90 valence electrons. The standard InChI is InChI=1S/C12H19BrN2O/c1-2-6-15(7-8-16)12-5-3-4-11(13)10(12)9-14/h3-5,16H,2,6-9,14H2,1H3. The Morgan fingerprint density at radius 3 is 2.69 bits per heavy atom. The smallest absolute Gasteiger partial charge is 0.0606 e. The molecule has 1 rings (SSSR count). The minimum absolute atomic E-state index is 0.163. The fourth-order valence-electron chi connectivity index (χ4n) is 1.79. The van der Waals surface area contributed by atoms with Gasteiger partial charge in [0.15, 0.2) is 0 Å². The van der Waals surface area contributed by atoms with Gasteiger partial charge in [0.25, 0.3) is 0 Å². The van der Waals surface area contributed by atoms with Gasteiger partial charge in [-0.15, -0.1) is 0 Å². The number of hydrogen-bond acceptors (Lipinski definition) is 3. The lowest BCUT2D eigenvalue weighted by Crippen LogP contribution is -2.28. The zero-order valence-electron chi connectivity index (χ0n) is 9.62. The zero-order valence-corrected chi connectivity index (χ0v) is 11.2. The van der Waals surface area contributed by atoms with Crippen molar-refractivity contribution in [3.8, 4) is 0 Å². The molecule has 0 heterocycles. The van der Waals surface area contributed by atoms with E-state index >= 15 is 0 Å². The molecule has 0 saturated heterocycles. The maximum Gasteiger partial charge on any atom is 0.0606 e. The van der Waals surface area contributed by atoms with Crippen molar-refractivity contribution in [2.45, 2.75) is 19.9 Å². The Labute approximate surface area is 105 Å². The second-order valence-corrected chi connectivity index (χ2v) is 4.51. The molecule has 0 aliphatic carbocycles. The van der Waals surface area contributed by atoms with Crippen LogP contribution in [0.25, 0.3) is 0 Å². The highest BCUT2D eigenvalue weighted by atomic mass is 79.9. The average molecular weight is 287 g/mol. The lowest BCUT2D eigenvalue weighted by atomic mass is 10.1. The second-order valence-electron chi connectivity index (χ2n) is 3.65.